The topological polar surface area (TPSA) is 92.2 Å². The number of ether oxygens (including phenoxy) is 1. The van der Waals surface area contributed by atoms with Gasteiger partial charge in [-0.2, -0.15) is 4.98 Å². The second-order valence-corrected chi connectivity index (χ2v) is 6.95. The van der Waals surface area contributed by atoms with Crippen molar-refractivity contribution in [3.8, 4) is 5.75 Å². The lowest BCUT2D eigenvalue weighted by Gasteiger charge is -2.50. The number of hydrogen-bond acceptors (Lipinski definition) is 7. The molecule has 1 aromatic carbocycles. The van der Waals surface area contributed by atoms with Crippen molar-refractivity contribution in [1.82, 2.24) is 15.0 Å². The summed E-state index contributed by atoms with van der Waals surface area (Å²) in [6.07, 6.45) is 3.14. The summed E-state index contributed by atoms with van der Waals surface area (Å²) < 4.78 is 6.28. The first-order chi connectivity index (χ1) is 11.9. The molecule has 2 heterocycles. The zero-order valence-corrected chi connectivity index (χ0v) is 15.3. The van der Waals surface area contributed by atoms with Crippen LogP contribution in [0.5, 0.6) is 5.75 Å². The van der Waals surface area contributed by atoms with E-state index in [0.29, 0.717) is 5.95 Å². The molecular weight excluding hydrogens is 342 g/mol. The van der Waals surface area contributed by atoms with E-state index in [1.165, 1.54) is 6.33 Å². The van der Waals surface area contributed by atoms with Crippen molar-refractivity contribution in [2.75, 3.05) is 17.2 Å². The molecular formula is C17H22ClN5O2. The third kappa shape index (κ3) is 3.34. The van der Waals surface area contributed by atoms with E-state index in [4.69, 9.17) is 16.3 Å². The van der Waals surface area contributed by atoms with Gasteiger partial charge in [-0.25, -0.2) is 9.97 Å². The minimum atomic E-state index is -0.592. The van der Waals surface area contributed by atoms with Gasteiger partial charge in [0.15, 0.2) is 0 Å². The Labute approximate surface area is 151 Å². The van der Waals surface area contributed by atoms with Gasteiger partial charge in [-0.1, -0.05) is 13.3 Å². The summed E-state index contributed by atoms with van der Waals surface area (Å²) in [4.78, 5) is 11.8. The van der Waals surface area contributed by atoms with Crippen molar-refractivity contribution >= 4 is 28.9 Å². The zero-order valence-electron chi connectivity index (χ0n) is 14.5. The molecule has 25 heavy (non-hydrogen) atoms. The minimum absolute atomic E-state index is 0.0380. The maximum Gasteiger partial charge on any atom is 0.231 e. The summed E-state index contributed by atoms with van der Waals surface area (Å²) in [6.45, 7) is 6.07. The second kappa shape index (κ2) is 6.65. The molecule has 0 fully saturated rings. The number of nitrogens with one attached hydrogen (secondary N) is 2. The van der Waals surface area contributed by atoms with Gasteiger partial charge < -0.3 is 20.5 Å². The van der Waals surface area contributed by atoms with Crippen LogP contribution in [0, 0.1) is 0 Å². The van der Waals surface area contributed by atoms with Crippen LogP contribution in [0.3, 0.4) is 0 Å². The molecule has 0 amide bonds. The van der Waals surface area contributed by atoms with Crippen molar-refractivity contribution in [3.63, 3.8) is 0 Å². The van der Waals surface area contributed by atoms with Crippen LogP contribution in [0.2, 0.25) is 5.28 Å². The Morgan fingerprint density at radius 1 is 1.32 bits per heavy atom. The van der Waals surface area contributed by atoms with Gasteiger partial charge in [-0.3, -0.25) is 0 Å². The number of hydrogen-bond donors (Lipinski definition) is 3. The first-order valence-electron chi connectivity index (χ1n) is 8.23. The number of benzene rings is 1. The maximum atomic E-state index is 9.97. The van der Waals surface area contributed by atoms with Gasteiger partial charge >= 0.3 is 0 Å². The lowest BCUT2D eigenvalue weighted by molar-refractivity contribution is -0.0180. The quantitative estimate of drug-likeness (QED) is 0.749. The predicted molar refractivity (Wildman–Crippen MR) is 97.6 cm³/mol. The van der Waals surface area contributed by atoms with E-state index in [9.17, 15) is 5.11 Å². The fraction of sp³-hybridized carbons (Fsp3) is 0.471. The SMILES string of the molecule is CCCC1(C)Oc2ccc(Nc3ncnc(Cl)n3)cc2NC1(C)CO. The molecule has 0 bridgehead atoms. The van der Waals surface area contributed by atoms with E-state index < -0.39 is 11.1 Å². The molecule has 7 nitrogen and oxygen atoms in total. The van der Waals surface area contributed by atoms with Gasteiger partial charge in [-0.05, 0) is 50.1 Å². The van der Waals surface area contributed by atoms with Gasteiger partial charge in [0.05, 0.1) is 17.8 Å². The molecule has 1 aromatic heterocycles. The highest BCUT2D eigenvalue weighted by Crippen LogP contribution is 2.44. The molecule has 8 heteroatoms. The Bertz CT molecular complexity index is 774. The van der Waals surface area contributed by atoms with Crippen LogP contribution in [0.25, 0.3) is 0 Å². The number of halogens is 1. The van der Waals surface area contributed by atoms with Crippen molar-refractivity contribution < 1.29 is 9.84 Å². The van der Waals surface area contributed by atoms with Crippen LogP contribution < -0.4 is 15.4 Å². The van der Waals surface area contributed by atoms with Crippen LogP contribution in [-0.2, 0) is 0 Å². The van der Waals surface area contributed by atoms with Gasteiger partial charge in [-0.15, -0.1) is 0 Å². The Kier molecular flexibility index (Phi) is 4.71. The largest absolute Gasteiger partial charge is 0.483 e. The third-order valence-corrected chi connectivity index (χ3v) is 4.92. The standard InChI is InChI=1S/C17H22ClN5O2/c1-4-7-17(3)16(2,9-24)23-12-8-11(5-6-13(12)25-17)21-15-20-10-19-14(18)22-15/h5-6,8,10,23-24H,4,7,9H2,1-3H3,(H,19,20,21,22). The van der Waals surface area contributed by atoms with Crippen molar-refractivity contribution in [3.05, 3.63) is 29.8 Å². The molecule has 1 aliphatic rings. The average Bonchev–Trinajstić information content (AvgIpc) is 2.56. The molecule has 0 aliphatic carbocycles. The van der Waals surface area contributed by atoms with Gasteiger partial charge in [0.1, 0.15) is 17.7 Å². The Morgan fingerprint density at radius 3 is 2.80 bits per heavy atom. The molecule has 134 valence electrons. The molecule has 2 unspecified atom stereocenters. The molecule has 0 saturated heterocycles. The molecule has 2 atom stereocenters. The highest BCUT2D eigenvalue weighted by atomic mass is 35.5. The summed E-state index contributed by atoms with van der Waals surface area (Å²) in [5.41, 5.74) is 0.484. The van der Waals surface area contributed by atoms with Gasteiger partial charge in [0.2, 0.25) is 11.2 Å². The lowest BCUT2D eigenvalue weighted by atomic mass is 9.78. The number of anilines is 3. The summed E-state index contributed by atoms with van der Waals surface area (Å²) in [6, 6.07) is 5.66. The maximum absolute atomic E-state index is 9.97. The Morgan fingerprint density at radius 2 is 2.12 bits per heavy atom. The summed E-state index contributed by atoms with van der Waals surface area (Å²) >= 11 is 5.78. The summed E-state index contributed by atoms with van der Waals surface area (Å²) in [5.74, 6) is 1.11. The van der Waals surface area contributed by atoms with Crippen LogP contribution in [0.1, 0.15) is 33.6 Å². The minimum Gasteiger partial charge on any atom is -0.483 e. The molecule has 3 N–H and O–H groups in total. The molecule has 0 spiro atoms. The molecule has 0 radical (unpaired) electrons. The predicted octanol–water partition coefficient (Wildman–Crippen LogP) is 3.38. The number of nitrogens with zero attached hydrogens (tertiary/aromatic N) is 3. The fourth-order valence-corrected chi connectivity index (χ4v) is 3.18. The number of aliphatic hydroxyl groups excluding tert-OH is 1. The monoisotopic (exact) mass is 363 g/mol. The molecule has 2 aromatic rings. The smallest absolute Gasteiger partial charge is 0.231 e. The van der Waals surface area contributed by atoms with Crippen molar-refractivity contribution in [2.45, 2.75) is 44.8 Å². The van der Waals surface area contributed by atoms with Gasteiger partial charge in [0.25, 0.3) is 0 Å². The lowest BCUT2D eigenvalue weighted by Crippen LogP contribution is -2.63. The van der Waals surface area contributed by atoms with Crippen LogP contribution in [0.15, 0.2) is 24.5 Å². The zero-order chi connectivity index (χ0) is 18.1. The first-order valence-corrected chi connectivity index (χ1v) is 8.60. The average molecular weight is 364 g/mol. The summed E-state index contributed by atoms with van der Waals surface area (Å²) in [7, 11) is 0. The normalized spacial score (nSPS) is 24.8. The van der Waals surface area contributed by atoms with Gasteiger partial charge in [0, 0.05) is 5.69 Å². The van der Waals surface area contributed by atoms with Crippen LogP contribution in [0.4, 0.5) is 17.3 Å². The highest BCUT2D eigenvalue weighted by molar-refractivity contribution is 6.28. The number of rotatable bonds is 5. The summed E-state index contributed by atoms with van der Waals surface area (Å²) in [5, 5.41) is 16.6. The molecule has 1 aliphatic heterocycles. The van der Waals surface area contributed by atoms with E-state index in [0.717, 1.165) is 30.0 Å². The van der Waals surface area contributed by atoms with E-state index in [2.05, 4.69) is 32.5 Å². The first kappa shape index (κ1) is 17.7. The number of aliphatic hydroxyl groups is 1. The fourth-order valence-electron chi connectivity index (χ4n) is 3.06. The highest BCUT2D eigenvalue weighted by Gasteiger charge is 2.49. The number of aromatic nitrogens is 3. The Balaban J connectivity index is 1.90. The van der Waals surface area contributed by atoms with E-state index in [1.54, 1.807) is 0 Å². The molecule has 3 rings (SSSR count). The molecule has 0 saturated carbocycles. The van der Waals surface area contributed by atoms with Crippen molar-refractivity contribution in [2.24, 2.45) is 0 Å². The van der Waals surface area contributed by atoms with Crippen LogP contribution in [-0.4, -0.2) is 37.8 Å². The Hall–Kier alpha value is -2.12. The van der Waals surface area contributed by atoms with Crippen LogP contribution >= 0.6 is 11.6 Å². The van der Waals surface area contributed by atoms with Crippen molar-refractivity contribution in [1.29, 1.82) is 0 Å². The third-order valence-electron chi connectivity index (χ3n) is 4.73. The second-order valence-electron chi connectivity index (χ2n) is 6.61. The van der Waals surface area contributed by atoms with E-state index >= 15 is 0 Å². The van der Waals surface area contributed by atoms with E-state index in [-0.39, 0.29) is 11.9 Å². The number of fused-ring (bicyclic) bond motifs is 1. The van der Waals surface area contributed by atoms with E-state index in [1.807, 2.05) is 32.0 Å².